The van der Waals surface area contributed by atoms with E-state index in [4.69, 9.17) is 0 Å². The number of aromatic amines is 1. The number of amides is 2. The largest absolute Gasteiger partial charge is 0.356 e. The molecule has 0 spiro atoms. The van der Waals surface area contributed by atoms with Crippen LogP contribution in [0.25, 0.3) is 0 Å². The number of rotatable bonds is 5. The lowest BCUT2D eigenvalue weighted by atomic mass is 9.96. The molecule has 0 bridgehead atoms. The van der Waals surface area contributed by atoms with Gasteiger partial charge in [0.05, 0.1) is 11.6 Å². The predicted octanol–water partition coefficient (Wildman–Crippen LogP) is 3.97. The highest BCUT2D eigenvalue weighted by atomic mass is 32.1. The zero-order valence-corrected chi connectivity index (χ0v) is 15.7. The minimum atomic E-state index is -0.105. The third-order valence-electron chi connectivity index (χ3n) is 5.58. The summed E-state index contributed by atoms with van der Waals surface area (Å²) in [7, 11) is 0. The summed E-state index contributed by atoms with van der Waals surface area (Å²) in [4.78, 5) is 31.3. The number of carbonyl (C=O) groups is 2. The molecule has 26 heavy (non-hydrogen) atoms. The average molecular weight is 372 g/mol. The maximum atomic E-state index is 12.8. The van der Waals surface area contributed by atoms with Crippen molar-refractivity contribution in [2.75, 3.05) is 13.1 Å². The molecule has 1 aliphatic carbocycles. The number of aromatic nitrogens is 1. The summed E-state index contributed by atoms with van der Waals surface area (Å²) >= 11 is 1.70. The normalized spacial score (nSPS) is 19.0. The van der Waals surface area contributed by atoms with Crippen molar-refractivity contribution in [2.45, 2.75) is 44.6 Å². The predicted molar refractivity (Wildman–Crippen MR) is 102 cm³/mol. The fourth-order valence-corrected chi connectivity index (χ4v) is 5.01. The number of nitrogens with one attached hydrogen (secondary N) is 2. The Labute approximate surface area is 157 Å². The van der Waals surface area contributed by atoms with Gasteiger partial charge in [-0.3, -0.25) is 9.59 Å². The van der Waals surface area contributed by atoms with Crippen molar-refractivity contribution >= 4 is 23.2 Å². The van der Waals surface area contributed by atoms with E-state index in [0.29, 0.717) is 17.2 Å². The minimum Gasteiger partial charge on any atom is -0.356 e. The lowest BCUT2D eigenvalue weighted by molar-refractivity contribution is 0.0787. The number of nitrogens with zero attached hydrogens (tertiary/aromatic N) is 1. The van der Waals surface area contributed by atoms with Gasteiger partial charge in [0.25, 0.3) is 11.8 Å². The summed E-state index contributed by atoms with van der Waals surface area (Å²) in [6.45, 7) is 1.61. The topological polar surface area (TPSA) is 65.2 Å². The lowest BCUT2D eigenvalue weighted by Gasteiger charge is -2.23. The van der Waals surface area contributed by atoms with E-state index in [2.05, 4.69) is 21.7 Å². The third kappa shape index (κ3) is 3.56. The second kappa shape index (κ2) is 7.66. The van der Waals surface area contributed by atoms with Crippen molar-refractivity contribution in [1.82, 2.24) is 15.2 Å². The Morgan fingerprint density at radius 3 is 2.65 bits per heavy atom. The van der Waals surface area contributed by atoms with E-state index >= 15 is 0 Å². The number of hydrogen-bond acceptors (Lipinski definition) is 3. The number of carbonyl (C=O) groups excluding carboxylic acids is 2. The first-order valence-corrected chi connectivity index (χ1v) is 10.4. The van der Waals surface area contributed by atoms with Crippen LogP contribution >= 0.6 is 11.3 Å². The van der Waals surface area contributed by atoms with E-state index in [-0.39, 0.29) is 17.9 Å². The highest BCUT2D eigenvalue weighted by Gasteiger charge is 2.29. The fourth-order valence-electron chi connectivity index (χ4n) is 4.14. The average Bonchev–Trinajstić information content (AvgIpc) is 3.44. The molecule has 1 saturated carbocycles. The fraction of sp³-hybridized carbons (Fsp3) is 0.500. The first-order valence-electron chi connectivity index (χ1n) is 9.54. The number of H-pyrrole nitrogens is 1. The molecule has 2 amide bonds. The second-order valence-corrected chi connectivity index (χ2v) is 8.29. The quantitative estimate of drug-likeness (QED) is 0.835. The minimum absolute atomic E-state index is 0.00727. The molecule has 1 aliphatic heterocycles. The van der Waals surface area contributed by atoms with Gasteiger partial charge in [0.2, 0.25) is 0 Å². The maximum Gasteiger partial charge on any atom is 0.270 e. The van der Waals surface area contributed by atoms with Gasteiger partial charge in [-0.25, -0.2) is 0 Å². The van der Waals surface area contributed by atoms with Gasteiger partial charge in [0, 0.05) is 24.2 Å². The van der Waals surface area contributed by atoms with Gasteiger partial charge < -0.3 is 15.2 Å². The van der Waals surface area contributed by atoms with Gasteiger partial charge in [0.1, 0.15) is 5.69 Å². The van der Waals surface area contributed by atoms with Gasteiger partial charge in [-0.15, -0.1) is 11.3 Å². The van der Waals surface area contributed by atoms with Crippen molar-refractivity contribution in [2.24, 2.45) is 5.92 Å². The van der Waals surface area contributed by atoms with Crippen LogP contribution in [0.2, 0.25) is 0 Å². The number of hydrogen-bond donors (Lipinski definition) is 2. The summed E-state index contributed by atoms with van der Waals surface area (Å²) in [5, 5.41) is 5.29. The molecule has 5 nitrogen and oxygen atoms in total. The van der Waals surface area contributed by atoms with Gasteiger partial charge in [-0.1, -0.05) is 18.9 Å². The van der Waals surface area contributed by atoms with Crippen molar-refractivity contribution < 1.29 is 9.59 Å². The smallest absolute Gasteiger partial charge is 0.270 e. The Kier molecular flexibility index (Phi) is 5.11. The Morgan fingerprint density at radius 1 is 1.19 bits per heavy atom. The first kappa shape index (κ1) is 17.3. The summed E-state index contributed by atoms with van der Waals surface area (Å²) in [6.07, 6.45) is 8.57. The van der Waals surface area contributed by atoms with Gasteiger partial charge in [-0.2, -0.15) is 0 Å². The molecule has 0 aromatic carbocycles. The molecule has 138 valence electrons. The Bertz CT molecular complexity index is 756. The Balaban J connectivity index is 1.47. The van der Waals surface area contributed by atoms with E-state index < -0.39 is 0 Å². The molecule has 2 N–H and O–H groups in total. The molecule has 3 heterocycles. The maximum absolute atomic E-state index is 12.8. The molecule has 0 unspecified atom stereocenters. The molecule has 1 atom stereocenters. The van der Waals surface area contributed by atoms with Crippen molar-refractivity contribution in [3.8, 4) is 0 Å². The standard InChI is InChI=1S/C20H25N3O2S/c24-19(15-12-16(21-13-15)20(25)23-9-3-4-10-23)22-18(14-6-1-2-7-14)17-8-5-11-26-17/h5,8,11-14,18,21H,1-4,6-7,9-10H2,(H,22,24)/t18-/m0/s1. The van der Waals surface area contributed by atoms with E-state index in [1.807, 2.05) is 11.0 Å². The molecule has 1 saturated heterocycles. The monoisotopic (exact) mass is 371 g/mol. The van der Waals surface area contributed by atoms with Crippen LogP contribution in [0.5, 0.6) is 0 Å². The van der Waals surface area contributed by atoms with E-state index in [0.717, 1.165) is 38.8 Å². The van der Waals surface area contributed by atoms with Crippen LogP contribution < -0.4 is 5.32 Å². The third-order valence-corrected chi connectivity index (χ3v) is 6.53. The van der Waals surface area contributed by atoms with Crippen LogP contribution in [-0.2, 0) is 0 Å². The first-order chi connectivity index (χ1) is 12.7. The van der Waals surface area contributed by atoms with Crippen molar-refractivity contribution in [3.63, 3.8) is 0 Å². The molecule has 4 rings (SSSR count). The van der Waals surface area contributed by atoms with Gasteiger partial charge >= 0.3 is 0 Å². The van der Waals surface area contributed by atoms with Crippen LogP contribution in [0, 0.1) is 5.92 Å². The number of thiophene rings is 1. The Morgan fingerprint density at radius 2 is 1.96 bits per heavy atom. The molecule has 6 heteroatoms. The second-order valence-electron chi connectivity index (χ2n) is 7.31. The molecule has 2 aromatic heterocycles. The van der Waals surface area contributed by atoms with E-state index in [9.17, 15) is 9.59 Å². The SMILES string of the molecule is O=C(N[C@H](c1cccs1)C1CCCC1)c1c[nH]c(C(=O)N2CCCC2)c1. The van der Waals surface area contributed by atoms with Crippen molar-refractivity contribution in [1.29, 1.82) is 0 Å². The molecule has 2 fully saturated rings. The van der Waals surface area contributed by atoms with Crippen LogP contribution in [0.1, 0.15) is 70.3 Å². The Hall–Kier alpha value is -2.08. The highest BCUT2D eigenvalue weighted by molar-refractivity contribution is 7.10. The van der Waals surface area contributed by atoms with Gasteiger partial charge in [-0.05, 0) is 49.1 Å². The van der Waals surface area contributed by atoms with Gasteiger partial charge in [0.15, 0.2) is 0 Å². The highest BCUT2D eigenvalue weighted by Crippen LogP contribution is 2.37. The molecule has 2 aromatic rings. The molecular weight excluding hydrogens is 346 g/mol. The lowest BCUT2D eigenvalue weighted by Crippen LogP contribution is -2.32. The number of likely N-dealkylation sites (tertiary alicyclic amines) is 1. The summed E-state index contributed by atoms with van der Waals surface area (Å²) in [5.41, 5.74) is 1.04. The molecule has 0 radical (unpaired) electrons. The summed E-state index contributed by atoms with van der Waals surface area (Å²) in [5.74, 6) is 0.390. The van der Waals surface area contributed by atoms with Crippen molar-refractivity contribution in [3.05, 3.63) is 45.9 Å². The summed E-state index contributed by atoms with van der Waals surface area (Å²) < 4.78 is 0. The molecular formula is C20H25N3O2S. The van der Waals surface area contributed by atoms with Crippen LogP contribution in [0.3, 0.4) is 0 Å². The van der Waals surface area contributed by atoms with E-state index in [1.54, 1.807) is 23.6 Å². The zero-order chi connectivity index (χ0) is 17.9. The van der Waals surface area contributed by atoms with Crippen LogP contribution in [-0.4, -0.2) is 34.8 Å². The molecule has 2 aliphatic rings. The van der Waals surface area contributed by atoms with E-state index in [1.165, 1.54) is 17.7 Å². The zero-order valence-electron chi connectivity index (χ0n) is 14.9. The van der Waals surface area contributed by atoms with Crippen LogP contribution in [0.15, 0.2) is 29.8 Å². The summed E-state index contributed by atoms with van der Waals surface area (Å²) in [6, 6.07) is 5.90. The van der Waals surface area contributed by atoms with Crippen LogP contribution in [0.4, 0.5) is 0 Å².